The lowest BCUT2D eigenvalue weighted by molar-refractivity contribution is -0.139. The molecule has 28 heavy (non-hydrogen) atoms. The fraction of sp³-hybridized carbons (Fsp3) is 0.429. The van der Waals surface area contributed by atoms with E-state index in [1.54, 1.807) is 11.3 Å². The lowest BCUT2D eigenvalue weighted by atomic mass is 9.98. The van der Waals surface area contributed by atoms with Crippen LogP contribution in [0.1, 0.15) is 22.0 Å². The van der Waals surface area contributed by atoms with Crippen LogP contribution in [0.15, 0.2) is 41.8 Å². The van der Waals surface area contributed by atoms with Gasteiger partial charge >= 0.3 is 11.8 Å². The third-order valence-corrected chi connectivity index (χ3v) is 5.95. The standard InChI is InChI=1S/C21H28N4O2S/c1-24(2)12-10-22-20(26)21(27)23-14-18(19-8-5-13-28-19)25-11-9-16-6-3-4-7-17(16)15-25/h3-8,13,18H,9-12,14-15H2,1-2H3,(H,22,26)(H,23,27)/t18-/m1/s1. The second-order valence-electron chi connectivity index (χ2n) is 7.29. The first-order valence-electron chi connectivity index (χ1n) is 9.59. The zero-order valence-corrected chi connectivity index (χ0v) is 17.3. The first kappa shape index (κ1) is 20.5. The van der Waals surface area contributed by atoms with E-state index in [1.165, 1.54) is 16.0 Å². The third kappa shape index (κ3) is 5.41. The van der Waals surface area contributed by atoms with E-state index in [-0.39, 0.29) is 6.04 Å². The number of amides is 2. The van der Waals surface area contributed by atoms with Crippen molar-refractivity contribution in [3.63, 3.8) is 0 Å². The summed E-state index contributed by atoms with van der Waals surface area (Å²) >= 11 is 1.68. The van der Waals surface area contributed by atoms with Crippen LogP contribution in [0.2, 0.25) is 0 Å². The van der Waals surface area contributed by atoms with Crippen LogP contribution < -0.4 is 10.6 Å². The molecule has 0 aliphatic carbocycles. The van der Waals surface area contributed by atoms with Crippen molar-refractivity contribution < 1.29 is 9.59 Å². The number of nitrogens with one attached hydrogen (secondary N) is 2. The summed E-state index contributed by atoms with van der Waals surface area (Å²) in [7, 11) is 3.85. The van der Waals surface area contributed by atoms with E-state index in [1.807, 2.05) is 25.1 Å². The number of hydrogen-bond acceptors (Lipinski definition) is 5. The highest BCUT2D eigenvalue weighted by Gasteiger charge is 2.26. The Morgan fingerprint density at radius 3 is 2.57 bits per heavy atom. The lowest BCUT2D eigenvalue weighted by Crippen LogP contribution is -2.45. The maximum Gasteiger partial charge on any atom is 0.309 e. The summed E-state index contributed by atoms with van der Waals surface area (Å²) in [6.45, 7) is 3.36. The fourth-order valence-electron chi connectivity index (χ4n) is 3.42. The van der Waals surface area contributed by atoms with Crippen LogP contribution in [0.3, 0.4) is 0 Å². The molecule has 6 nitrogen and oxygen atoms in total. The molecule has 7 heteroatoms. The van der Waals surface area contributed by atoms with Gasteiger partial charge in [-0.25, -0.2) is 0 Å². The van der Waals surface area contributed by atoms with Gasteiger partial charge in [-0.15, -0.1) is 11.3 Å². The average molecular weight is 401 g/mol. The van der Waals surface area contributed by atoms with Crippen molar-refractivity contribution in [3.05, 3.63) is 57.8 Å². The van der Waals surface area contributed by atoms with Gasteiger partial charge < -0.3 is 15.5 Å². The molecule has 1 aromatic carbocycles. The van der Waals surface area contributed by atoms with Crippen LogP contribution in [-0.4, -0.2) is 61.9 Å². The van der Waals surface area contributed by atoms with E-state index < -0.39 is 11.8 Å². The minimum atomic E-state index is -0.573. The summed E-state index contributed by atoms with van der Waals surface area (Å²) in [5.74, 6) is -1.14. The van der Waals surface area contributed by atoms with E-state index in [9.17, 15) is 9.59 Å². The Morgan fingerprint density at radius 1 is 1.11 bits per heavy atom. The topological polar surface area (TPSA) is 64.7 Å². The van der Waals surface area contributed by atoms with Gasteiger partial charge in [0.2, 0.25) is 0 Å². The highest BCUT2D eigenvalue weighted by molar-refractivity contribution is 7.10. The van der Waals surface area contributed by atoms with E-state index in [0.717, 1.165) is 19.5 Å². The molecule has 1 aliphatic heterocycles. The van der Waals surface area contributed by atoms with Crippen molar-refractivity contribution in [1.82, 2.24) is 20.4 Å². The van der Waals surface area contributed by atoms with Crippen LogP contribution in [0.5, 0.6) is 0 Å². The normalized spacial score (nSPS) is 15.1. The zero-order valence-electron chi connectivity index (χ0n) is 16.5. The predicted molar refractivity (Wildman–Crippen MR) is 112 cm³/mol. The monoisotopic (exact) mass is 400 g/mol. The Balaban J connectivity index is 1.61. The molecule has 0 saturated carbocycles. The highest BCUT2D eigenvalue weighted by Crippen LogP contribution is 2.29. The summed E-state index contributed by atoms with van der Waals surface area (Å²) < 4.78 is 0. The number of carbonyl (C=O) groups excluding carboxylic acids is 2. The Labute approximate surface area is 170 Å². The fourth-order valence-corrected chi connectivity index (χ4v) is 4.28. The summed E-state index contributed by atoms with van der Waals surface area (Å²) in [6, 6.07) is 12.7. The van der Waals surface area contributed by atoms with Crippen molar-refractivity contribution in [3.8, 4) is 0 Å². The molecule has 0 spiro atoms. The van der Waals surface area contributed by atoms with Gasteiger partial charge in [0.25, 0.3) is 0 Å². The van der Waals surface area contributed by atoms with Gasteiger partial charge in [0, 0.05) is 37.6 Å². The van der Waals surface area contributed by atoms with Crippen LogP contribution in [-0.2, 0) is 22.6 Å². The molecule has 2 N–H and O–H groups in total. The maximum atomic E-state index is 12.2. The number of benzene rings is 1. The van der Waals surface area contributed by atoms with Gasteiger partial charge in [0.15, 0.2) is 0 Å². The molecule has 150 valence electrons. The van der Waals surface area contributed by atoms with Crippen LogP contribution in [0.4, 0.5) is 0 Å². The molecule has 1 atom stereocenters. The number of carbonyl (C=O) groups is 2. The van der Waals surface area contributed by atoms with Crippen LogP contribution in [0.25, 0.3) is 0 Å². The van der Waals surface area contributed by atoms with Gasteiger partial charge in [-0.2, -0.15) is 0 Å². The van der Waals surface area contributed by atoms with Crippen LogP contribution in [0, 0.1) is 0 Å². The third-order valence-electron chi connectivity index (χ3n) is 4.98. The molecule has 0 bridgehead atoms. The Hall–Kier alpha value is -2.22. The second kappa shape index (κ2) is 9.82. The Bertz CT molecular complexity index is 791. The SMILES string of the molecule is CN(C)CCNC(=O)C(=O)NC[C@H](c1cccs1)N1CCc2ccccc2C1. The van der Waals surface area contributed by atoms with Gasteiger partial charge in [0.1, 0.15) is 0 Å². The second-order valence-corrected chi connectivity index (χ2v) is 8.27. The molecule has 2 amide bonds. The summed E-state index contributed by atoms with van der Waals surface area (Å²) in [6.07, 6.45) is 0.997. The summed E-state index contributed by atoms with van der Waals surface area (Å²) in [5, 5.41) is 7.54. The molecule has 2 heterocycles. The molecule has 3 rings (SSSR count). The first-order chi connectivity index (χ1) is 13.5. The Kier molecular flexibility index (Phi) is 7.19. The maximum absolute atomic E-state index is 12.2. The zero-order chi connectivity index (χ0) is 19.9. The van der Waals surface area contributed by atoms with Crippen LogP contribution >= 0.6 is 11.3 Å². The molecular weight excluding hydrogens is 372 g/mol. The van der Waals surface area contributed by atoms with E-state index >= 15 is 0 Å². The number of likely N-dealkylation sites (N-methyl/N-ethyl adjacent to an activating group) is 1. The average Bonchev–Trinajstić information content (AvgIpc) is 3.22. The molecule has 0 unspecified atom stereocenters. The summed E-state index contributed by atoms with van der Waals surface area (Å²) in [5.41, 5.74) is 2.73. The van der Waals surface area contributed by atoms with Crippen molar-refractivity contribution in [2.24, 2.45) is 0 Å². The minimum absolute atomic E-state index is 0.0619. The number of hydrogen-bond donors (Lipinski definition) is 2. The smallest absolute Gasteiger partial charge is 0.309 e. The molecular formula is C21H28N4O2S. The van der Waals surface area contributed by atoms with Crippen molar-refractivity contribution in [2.45, 2.75) is 19.0 Å². The quantitative estimate of drug-likeness (QED) is 0.694. The molecule has 2 aromatic rings. The highest BCUT2D eigenvalue weighted by atomic mass is 32.1. The summed E-state index contributed by atoms with van der Waals surface area (Å²) in [4.78, 5) is 29.8. The molecule has 0 fully saturated rings. The van der Waals surface area contributed by atoms with Gasteiger partial charge in [-0.3, -0.25) is 14.5 Å². The lowest BCUT2D eigenvalue weighted by Gasteiger charge is -2.35. The number of thiophene rings is 1. The molecule has 1 aromatic heterocycles. The van der Waals surface area contributed by atoms with Gasteiger partial charge in [-0.05, 0) is 43.1 Å². The van der Waals surface area contributed by atoms with E-state index in [4.69, 9.17) is 0 Å². The van der Waals surface area contributed by atoms with Gasteiger partial charge in [0.05, 0.1) is 6.04 Å². The van der Waals surface area contributed by atoms with Crippen molar-refractivity contribution >= 4 is 23.2 Å². The molecule has 1 aliphatic rings. The number of rotatable bonds is 7. The minimum Gasteiger partial charge on any atom is -0.347 e. The van der Waals surface area contributed by atoms with Crippen molar-refractivity contribution in [2.75, 3.05) is 40.3 Å². The predicted octanol–water partition coefficient (Wildman–Crippen LogP) is 1.64. The molecule has 0 radical (unpaired) electrons. The van der Waals surface area contributed by atoms with E-state index in [2.05, 4.69) is 51.2 Å². The number of fused-ring (bicyclic) bond motifs is 1. The Morgan fingerprint density at radius 2 is 1.86 bits per heavy atom. The largest absolute Gasteiger partial charge is 0.347 e. The number of nitrogens with zero attached hydrogens (tertiary/aromatic N) is 2. The van der Waals surface area contributed by atoms with Gasteiger partial charge in [-0.1, -0.05) is 30.3 Å². The first-order valence-corrected chi connectivity index (χ1v) is 10.5. The molecule has 0 saturated heterocycles. The van der Waals surface area contributed by atoms with E-state index in [0.29, 0.717) is 19.6 Å². The van der Waals surface area contributed by atoms with Crippen molar-refractivity contribution in [1.29, 1.82) is 0 Å².